The van der Waals surface area contributed by atoms with Crippen LogP contribution in [0.25, 0.3) is 5.69 Å². The smallest absolute Gasteiger partial charge is 0.162 e. The van der Waals surface area contributed by atoms with Gasteiger partial charge in [-0.2, -0.15) is 0 Å². The van der Waals surface area contributed by atoms with Crippen LogP contribution in [-0.2, 0) is 6.54 Å². The number of hydrogen-bond acceptors (Lipinski definition) is 4. The Morgan fingerprint density at radius 3 is 2.64 bits per heavy atom. The van der Waals surface area contributed by atoms with Crippen LogP contribution in [0.5, 0.6) is 0 Å². The summed E-state index contributed by atoms with van der Waals surface area (Å²) >= 11 is 3.64. The zero-order chi connectivity index (χ0) is 19.7. The molecule has 1 aliphatic rings. The zero-order valence-corrected chi connectivity index (χ0v) is 18.0. The normalized spacial score (nSPS) is 15.8. The molecule has 0 N–H and O–H groups in total. The van der Waals surface area contributed by atoms with Crippen LogP contribution in [0.4, 0.5) is 0 Å². The number of aromatic nitrogens is 3. The minimum atomic E-state index is -0.0842. The number of rotatable bonds is 5. The van der Waals surface area contributed by atoms with Crippen LogP contribution in [0.1, 0.15) is 49.1 Å². The molecular weight excluding hydrogens is 414 g/mol. The van der Waals surface area contributed by atoms with Crippen molar-refractivity contribution < 1.29 is 0 Å². The predicted molar refractivity (Wildman–Crippen MR) is 116 cm³/mol. The third-order valence-electron chi connectivity index (χ3n) is 4.97. The van der Waals surface area contributed by atoms with E-state index in [1.165, 1.54) is 0 Å². The third-order valence-corrected chi connectivity index (χ3v) is 5.46. The van der Waals surface area contributed by atoms with Gasteiger partial charge in [-0.1, -0.05) is 53.2 Å². The Labute approximate surface area is 174 Å². The fourth-order valence-corrected chi connectivity index (χ4v) is 4.07. The Kier molecular flexibility index (Phi) is 5.42. The van der Waals surface area contributed by atoms with E-state index in [4.69, 9.17) is 4.99 Å². The molecule has 6 heteroatoms. The second kappa shape index (κ2) is 7.97. The molecule has 2 heterocycles. The quantitative estimate of drug-likeness (QED) is 0.576. The van der Waals surface area contributed by atoms with E-state index in [-0.39, 0.29) is 6.04 Å². The minimum Gasteiger partial charge on any atom is -0.299 e. The molecule has 0 amide bonds. The first-order valence-electron chi connectivity index (χ1n) is 9.64. The molecule has 0 saturated heterocycles. The van der Waals surface area contributed by atoms with Crippen LogP contribution in [0, 0.1) is 0 Å². The molecule has 2 aromatic carbocycles. The summed E-state index contributed by atoms with van der Waals surface area (Å²) in [6.07, 6.45) is 1.11. The molecule has 0 spiro atoms. The summed E-state index contributed by atoms with van der Waals surface area (Å²) in [5.74, 6) is 1.83. The topological polar surface area (TPSA) is 46.3 Å². The largest absolute Gasteiger partial charge is 0.299 e. The summed E-state index contributed by atoms with van der Waals surface area (Å²) < 4.78 is 3.22. The lowest BCUT2D eigenvalue weighted by molar-refractivity contribution is 0.316. The van der Waals surface area contributed by atoms with Gasteiger partial charge in [-0.05, 0) is 45.1 Å². The maximum absolute atomic E-state index is 5.06. The second-order valence-electron chi connectivity index (χ2n) is 7.23. The summed E-state index contributed by atoms with van der Waals surface area (Å²) in [7, 11) is 2.12. The summed E-state index contributed by atoms with van der Waals surface area (Å²) in [6, 6.07) is 16.6. The molecule has 1 aliphatic heterocycles. The summed E-state index contributed by atoms with van der Waals surface area (Å²) in [6.45, 7) is 6.06. The van der Waals surface area contributed by atoms with Gasteiger partial charge in [-0.25, -0.2) is 0 Å². The highest BCUT2D eigenvalue weighted by atomic mass is 79.9. The van der Waals surface area contributed by atoms with Gasteiger partial charge in [0.1, 0.15) is 6.04 Å². The first kappa shape index (κ1) is 19.0. The predicted octanol–water partition coefficient (Wildman–Crippen LogP) is 4.78. The van der Waals surface area contributed by atoms with Crippen molar-refractivity contribution >= 4 is 21.6 Å². The van der Waals surface area contributed by atoms with Crippen molar-refractivity contribution in [2.45, 2.75) is 32.9 Å². The molecule has 0 fully saturated rings. The standard InChI is InChI=1S/C22H24BrN5/c1-4-12-27(3)14-20-25-26-22-15(2)24-21(16-8-6-5-7-9-16)18-13-17(23)10-11-19(18)28(20)22/h5-11,13,15H,4,12,14H2,1-3H3. The van der Waals surface area contributed by atoms with Crippen LogP contribution >= 0.6 is 15.9 Å². The van der Waals surface area contributed by atoms with Crippen LogP contribution in [-0.4, -0.2) is 39.0 Å². The van der Waals surface area contributed by atoms with E-state index in [1.807, 2.05) is 6.07 Å². The van der Waals surface area contributed by atoms with Gasteiger partial charge >= 0.3 is 0 Å². The maximum Gasteiger partial charge on any atom is 0.162 e. The van der Waals surface area contributed by atoms with Gasteiger partial charge in [0.05, 0.1) is 17.9 Å². The van der Waals surface area contributed by atoms with E-state index in [9.17, 15) is 0 Å². The van der Waals surface area contributed by atoms with Crippen molar-refractivity contribution in [2.24, 2.45) is 4.99 Å². The number of fused-ring (bicyclic) bond motifs is 3. The summed E-state index contributed by atoms with van der Waals surface area (Å²) in [5.41, 5.74) is 4.26. The molecular formula is C22H24BrN5. The molecule has 5 nitrogen and oxygen atoms in total. The monoisotopic (exact) mass is 437 g/mol. The molecule has 4 rings (SSSR count). The van der Waals surface area contributed by atoms with E-state index in [0.717, 1.165) is 58.2 Å². The second-order valence-corrected chi connectivity index (χ2v) is 8.14. The van der Waals surface area contributed by atoms with Crippen LogP contribution < -0.4 is 0 Å². The first-order chi connectivity index (χ1) is 13.6. The highest BCUT2D eigenvalue weighted by Gasteiger charge is 2.27. The lowest BCUT2D eigenvalue weighted by atomic mass is 10.0. The number of benzene rings is 2. The average molecular weight is 438 g/mol. The van der Waals surface area contributed by atoms with Gasteiger partial charge in [-0.15, -0.1) is 10.2 Å². The summed E-state index contributed by atoms with van der Waals surface area (Å²) in [5, 5.41) is 9.05. The molecule has 3 aromatic rings. The highest BCUT2D eigenvalue weighted by Crippen LogP contribution is 2.32. The zero-order valence-electron chi connectivity index (χ0n) is 16.4. The van der Waals surface area contributed by atoms with E-state index in [2.05, 4.69) is 99.0 Å². The number of aliphatic imine (C=N–C) groups is 1. The lowest BCUT2D eigenvalue weighted by Crippen LogP contribution is -2.21. The van der Waals surface area contributed by atoms with Crippen molar-refractivity contribution in [3.8, 4) is 5.69 Å². The molecule has 0 radical (unpaired) electrons. The average Bonchev–Trinajstić information content (AvgIpc) is 3.05. The summed E-state index contributed by atoms with van der Waals surface area (Å²) in [4.78, 5) is 7.34. The molecule has 0 bridgehead atoms. The lowest BCUT2D eigenvalue weighted by Gasteiger charge is -2.18. The van der Waals surface area contributed by atoms with Gasteiger partial charge < -0.3 is 0 Å². The molecule has 1 atom stereocenters. The van der Waals surface area contributed by atoms with Gasteiger partial charge in [0.15, 0.2) is 11.6 Å². The van der Waals surface area contributed by atoms with E-state index in [0.29, 0.717) is 0 Å². The van der Waals surface area contributed by atoms with Crippen LogP contribution in [0.3, 0.4) is 0 Å². The first-order valence-corrected chi connectivity index (χ1v) is 10.4. The van der Waals surface area contributed by atoms with E-state index >= 15 is 0 Å². The van der Waals surface area contributed by atoms with Crippen molar-refractivity contribution in [2.75, 3.05) is 13.6 Å². The molecule has 144 valence electrons. The Bertz CT molecular complexity index is 1010. The van der Waals surface area contributed by atoms with Gasteiger partial charge in [0, 0.05) is 15.6 Å². The Balaban J connectivity index is 1.90. The maximum atomic E-state index is 5.06. The molecule has 0 aliphatic carbocycles. The molecule has 1 aromatic heterocycles. The van der Waals surface area contributed by atoms with Gasteiger partial charge in [-0.3, -0.25) is 14.5 Å². The van der Waals surface area contributed by atoms with E-state index < -0.39 is 0 Å². The van der Waals surface area contributed by atoms with Gasteiger partial charge in [0.2, 0.25) is 0 Å². The number of halogens is 1. The van der Waals surface area contributed by atoms with Crippen LogP contribution in [0.15, 0.2) is 58.0 Å². The third kappa shape index (κ3) is 3.54. The Hall–Kier alpha value is -2.31. The fourth-order valence-electron chi connectivity index (χ4n) is 3.71. The van der Waals surface area contributed by atoms with Crippen molar-refractivity contribution in [1.29, 1.82) is 0 Å². The van der Waals surface area contributed by atoms with Gasteiger partial charge in [0.25, 0.3) is 0 Å². The van der Waals surface area contributed by atoms with Crippen molar-refractivity contribution in [3.05, 3.63) is 75.8 Å². The Morgan fingerprint density at radius 2 is 1.89 bits per heavy atom. The van der Waals surface area contributed by atoms with E-state index in [1.54, 1.807) is 0 Å². The van der Waals surface area contributed by atoms with Crippen molar-refractivity contribution in [1.82, 2.24) is 19.7 Å². The molecule has 0 saturated carbocycles. The molecule has 1 unspecified atom stereocenters. The number of nitrogens with zero attached hydrogens (tertiary/aromatic N) is 5. The highest BCUT2D eigenvalue weighted by molar-refractivity contribution is 9.10. The van der Waals surface area contributed by atoms with Crippen molar-refractivity contribution in [3.63, 3.8) is 0 Å². The SMILES string of the molecule is CCCN(C)Cc1nnc2n1-c1ccc(Br)cc1C(c1ccccc1)=NC2C. The minimum absolute atomic E-state index is 0.0842. The van der Waals surface area contributed by atoms with Crippen LogP contribution in [0.2, 0.25) is 0 Å². The fraction of sp³-hybridized carbons (Fsp3) is 0.318. The molecule has 28 heavy (non-hydrogen) atoms. The number of hydrogen-bond donors (Lipinski definition) is 0. The Morgan fingerprint density at radius 1 is 1.11 bits per heavy atom.